The predicted molar refractivity (Wildman–Crippen MR) is 326 cm³/mol. The minimum atomic E-state index is -3.00. The topological polar surface area (TPSA) is 82.2 Å². The molecule has 0 aliphatic carbocycles. The van der Waals surface area contributed by atoms with Gasteiger partial charge in [0.15, 0.2) is 8.07 Å². The second-order valence-corrected chi connectivity index (χ2v) is 24.1. The maximum absolute atomic E-state index is 10.2. The summed E-state index contributed by atoms with van der Waals surface area (Å²) in [6, 6.07) is 98.0. The Balaban J connectivity index is 1.09. The summed E-state index contributed by atoms with van der Waals surface area (Å²) < 4.78 is 9.01. The third-order valence-electron chi connectivity index (χ3n) is 16.2. The average Bonchev–Trinajstić information content (AvgIpc) is 4.40. The normalized spacial score (nSPS) is 12.0. The van der Waals surface area contributed by atoms with Crippen LogP contribution in [-0.4, -0.2) is 41.3 Å². The van der Waals surface area contributed by atoms with Crippen LogP contribution in [-0.2, 0) is 0 Å². The Morgan fingerprint density at radius 3 is 1.22 bits per heavy atom. The van der Waals surface area contributed by atoms with E-state index in [1.807, 2.05) is 30.3 Å². The highest BCUT2D eigenvalue weighted by Gasteiger charge is 2.42. The molecule has 11 aromatic carbocycles. The van der Waals surface area contributed by atoms with Gasteiger partial charge in [0.1, 0.15) is 0 Å². The van der Waals surface area contributed by atoms with Crippen LogP contribution in [0, 0.1) is 11.3 Å². The van der Waals surface area contributed by atoms with E-state index in [0.29, 0.717) is 23.4 Å². The van der Waals surface area contributed by atoms with Crippen molar-refractivity contribution in [1.82, 2.24) is 33.2 Å². The minimum Gasteiger partial charge on any atom is -0.309 e. The molecule has 5 aromatic heterocycles. The Hall–Kier alpha value is -10.7. The summed E-state index contributed by atoms with van der Waals surface area (Å²) in [5, 5.41) is 23.9. The highest BCUT2D eigenvalue weighted by molar-refractivity contribution is 7.20. The quantitative estimate of drug-likeness (QED) is 0.112. The maximum Gasteiger partial charge on any atom is 0.241 e. The number of hydrogen-bond donors (Lipinski definition) is 0. The van der Waals surface area contributed by atoms with E-state index in [4.69, 9.17) is 15.0 Å². The average molecular weight is 1030 g/mol. The zero-order valence-electron chi connectivity index (χ0n) is 42.5. The van der Waals surface area contributed by atoms with Crippen LogP contribution < -0.4 is 20.7 Å². The number of rotatable bonds is 8. The lowest BCUT2D eigenvalue weighted by atomic mass is 10.1. The number of hydrogen-bond acceptors (Lipinski definition) is 4. The van der Waals surface area contributed by atoms with Gasteiger partial charge in [-0.3, -0.25) is 13.7 Å². The van der Waals surface area contributed by atoms with E-state index < -0.39 is 8.07 Å². The fourth-order valence-corrected chi connectivity index (χ4v) is 17.7. The van der Waals surface area contributed by atoms with Gasteiger partial charge in [0.05, 0.1) is 55.8 Å². The molecule has 0 bridgehead atoms. The van der Waals surface area contributed by atoms with E-state index in [2.05, 4.69) is 261 Å². The Labute approximate surface area is 454 Å². The van der Waals surface area contributed by atoms with Crippen LogP contribution in [0.25, 0.3) is 111 Å². The number of nitrogens with zero attached hydrogens (tertiary/aromatic N) is 8. The molecular formula is C70H44N8Si. The van der Waals surface area contributed by atoms with Crippen molar-refractivity contribution < 1.29 is 0 Å². The molecular weight excluding hydrogens is 981 g/mol. The summed E-state index contributed by atoms with van der Waals surface area (Å²) in [6.45, 7) is 0. The van der Waals surface area contributed by atoms with Crippen molar-refractivity contribution in [2.75, 3.05) is 0 Å². The lowest BCUT2D eigenvalue weighted by molar-refractivity contribution is 0.848. The van der Waals surface area contributed by atoms with Crippen LogP contribution in [0.3, 0.4) is 0 Å². The molecule has 79 heavy (non-hydrogen) atoms. The Morgan fingerprint density at radius 1 is 0.291 bits per heavy atom. The third kappa shape index (κ3) is 6.50. The van der Waals surface area contributed by atoms with Crippen molar-refractivity contribution >= 4 is 116 Å². The largest absolute Gasteiger partial charge is 0.309 e. The molecule has 0 saturated heterocycles. The number of para-hydroxylation sites is 5. The first kappa shape index (κ1) is 44.6. The second kappa shape index (κ2) is 17.4. The van der Waals surface area contributed by atoms with Crippen molar-refractivity contribution in [2.45, 2.75) is 0 Å². The third-order valence-corrected chi connectivity index (χ3v) is 21.0. The lowest BCUT2D eigenvalue weighted by Gasteiger charge is -2.34. The van der Waals surface area contributed by atoms with Gasteiger partial charge in [0.25, 0.3) is 0 Å². The number of aromatic nitrogens is 7. The molecule has 0 spiro atoms. The van der Waals surface area contributed by atoms with Gasteiger partial charge in [-0.05, 0) is 87.5 Å². The van der Waals surface area contributed by atoms with Gasteiger partial charge >= 0.3 is 0 Å². The van der Waals surface area contributed by atoms with Crippen LogP contribution in [0.15, 0.2) is 267 Å². The predicted octanol–water partition coefficient (Wildman–Crippen LogP) is 13.5. The summed E-state index contributed by atoms with van der Waals surface area (Å²) in [5.74, 6) is 1.40. The summed E-state index contributed by atoms with van der Waals surface area (Å²) in [5.41, 5.74) is 9.55. The van der Waals surface area contributed by atoms with E-state index in [-0.39, 0.29) is 0 Å². The van der Waals surface area contributed by atoms with Gasteiger partial charge in [-0.2, -0.15) is 20.2 Å². The standard InChI is InChI=1S/C70H44N8Si/c71-45-46-37-40-63-57(43-46)54-31-15-19-35-61(54)77(63)69-72-68(76-59-33-17-13-29-52(59)53-30-14-18-34-60(53)76)73-70(74-69)78-64-41-38-51(79(48-23-7-2-8-24-48,49-25-9-3-10-26-49)50-27-11-4-12-28-50)44-58(64)55-39-42-65-66(67(55)78)56-32-16-20-36-62(56)75(65)47-21-5-1-6-22-47/h1-44H. The Kier molecular flexibility index (Phi) is 9.85. The highest BCUT2D eigenvalue weighted by atomic mass is 28.3. The number of fused-ring (bicyclic) bond motifs is 13. The van der Waals surface area contributed by atoms with Gasteiger partial charge in [-0.15, -0.1) is 0 Å². The molecule has 16 rings (SSSR count). The Bertz CT molecular complexity index is 5000. The molecule has 368 valence electrons. The van der Waals surface area contributed by atoms with Crippen LogP contribution >= 0.6 is 0 Å². The smallest absolute Gasteiger partial charge is 0.241 e. The highest BCUT2D eigenvalue weighted by Crippen LogP contribution is 2.43. The molecule has 8 nitrogen and oxygen atoms in total. The van der Waals surface area contributed by atoms with Crippen molar-refractivity contribution in [3.05, 3.63) is 272 Å². The summed E-state index contributed by atoms with van der Waals surface area (Å²) in [4.78, 5) is 17.0. The lowest BCUT2D eigenvalue weighted by Crippen LogP contribution is -2.74. The number of nitriles is 1. The molecule has 9 heteroatoms. The van der Waals surface area contributed by atoms with E-state index in [9.17, 15) is 5.26 Å². The monoisotopic (exact) mass is 1020 g/mol. The van der Waals surface area contributed by atoms with Gasteiger partial charge in [-0.1, -0.05) is 200 Å². The van der Waals surface area contributed by atoms with E-state index in [1.165, 1.54) is 20.7 Å². The van der Waals surface area contributed by atoms with Crippen molar-refractivity contribution in [3.8, 4) is 29.6 Å². The second-order valence-electron chi connectivity index (χ2n) is 20.3. The van der Waals surface area contributed by atoms with Crippen LogP contribution in [0.1, 0.15) is 5.56 Å². The maximum atomic E-state index is 10.2. The zero-order chi connectivity index (χ0) is 52.2. The molecule has 0 radical (unpaired) electrons. The zero-order valence-corrected chi connectivity index (χ0v) is 43.5. The molecule has 0 aliphatic heterocycles. The first-order valence-corrected chi connectivity index (χ1v) is 28.6. The summed E-state index contributed by atoms with van der Waals surface area (Å²) in [6.07, 6.45) is 0. The minimum absolute atomic E-state index is 0.451. The van der Waals surface area contributed by atoms with Gasteiger partial charge in [0, 0.05) is 48.8 Å². The van der Waals surface area contributed by atoms with Crippen LogP contribution in [0.2, 0.25) is 0 Å². The molecule has 0 aliphatic rings. The fourth-order valence-electron chi connectivity index (χ4n) is 13.0. The summed E-state index contributed by atoms with van der Waals surface area (Å²) >= 11 is 0. The van der Waals surface area contributed by atoms with Crippen LogP contribution in [0.5, 0.6) is 0 Å². The first-order valence-electron chi connectivity index (χ1n) is 26.6. The summed E-state index contributed by atoms with van der Waals surface area (Å²) in [7, 11) is -3.00. The molecule has 5 heterocycles. The van der Waals surface area contributed by atoms with E-state index in [0.717, 1.165) is 92.9 Å². The Morgan fingerprint density at radius 2 is 0.684 bits per heavy atom. The fraction of sp³-hybridized carbons (Fsp3) is 0. The molecule has 0 amide bonds. The van der Waals surface area contributed by atoms with Gasteiger partial charge in [0.2, 0.25) is 17.8 Å². The molecule has 0 unspecified atom stereocenters. The van der Waals surface area contributed by atoms with E-state index >= 15 is 0 Å². The van der Waals surface area contributed by atoms with Crippen molar-refractivity contribution in [1.29, 1.82) is 5.26 Å². The molecule has 0 fully saturated rings. The molecule has 0 atom stereocenters. The molecule has 0 N–H and O–H groups in total. The van der Waals surface area contributed by atoms with Crippen LogP contribution in [0.4, 0.5) is 0 Å². The molecule has 16 aromatic rings. The van der Waals surface area contributed by atoms with Crippen molar-refractivity contribution in [2.24, 2.45) is 0 Å². The number of benzene rings is 11. The van der Waals surface area contributed by atoms with E-state index in [1.54, 1.807) is 0 Å². The SMILES string of the molecule is N#Cc1ccc2c(c1)c1ccccc1n2-c1nc(-n2c3ccccc3c3ccccc32)nc(-n2c3ccc([Si](c4ccccc4)(c4ccccc4)c4ccccc4)cc3c3ccc4c(c5ccccc5n4-c4ccccc4)c32)n1. The molecule has 0 saturated carbocycles. The van der Waals surface area contributed by atoms with Gasteiger partial charge < -0.3 is 4.57 Å². The van der Waals surface area contributed by atoms with Crippen molar-refractivity contribution in [3.63, 3.8) is 0 Å². The first-order chi connectivity index (χ1) is 39.2. The van der Waals surface area contributed by atoms with Gasteiger partial charge in [-0.25, -0.2) is 0 Å².